The zero-order valence-corrected chi connectivity index (χ0v) is 22.6. The van der Waals surface area contributed by atoms with Crippen LogP contribution in [0.15, 0.2) is 54.6 Å². The van der Waals surface area contributed by atoms with Gasteiger partial charge in [-0.05, 0) is 103 Å². The number of phenolic OH excluding ortho intramolecular Hbond substituents is 1. The Morgan fingerprint density at radius 2 is 1.09 bits per heavy atom. The molecule has 0 saturated heterocycles. The van der Waals surface area contributed by atoms with Crippen LogP contribution in [-0.4, -0.2) is 5.11 Å². The molecule has 3 unspecified atom stereocenters. The maximum absolute atomic E-state index is 10.3. The zero-order chi connectivity index (χ0) is 24.8. The predicted molar refractivity (Wildman–Crippen MR) is 145 cm³/mol. The molecular formula is C30H39O3P. The minimum absolute atomic E-state index is 0.103. The van der Waals surface area contributed by atoms with Crippen LogP contribution in [0.2, 0.25) is 0 Å². The van der Waals surface area contributed by atoms with E-state index in [4.69, 9.17) is 9.05 Å². The van der Waals surface area contributed by atoms with Gasteiger partial charge in [0.1, 0.15) is 17.2 Å². The lowest BCUT2D eigenvalue weighted by Gasteiger charge is -2.20. The summed E-state index contributed by atoms with van der Waals surface area (Å²) < 4.78 is 12.3. The molecule has 0 aliphatic rings. The molecule has 3 nitrogen and oxygen atoms in total. The summed E-state index contributed by atoms with van der Waals surface area (Å²) in [5.74, 6) is 3.22. The van der Waals surface area contributed by atoms with E-state index in [0.717, 1.165) is 35.5 Å². The molecule has 4 heteroatoms. The van der Waals surface area contributed by atoms with Gasteiger partial charge >= 0.3 is 0 Å². The monoisotopic (exact) mass is 478 g/mol. The van der Waals surface area contributed by atoms with E-state index >= 15 is 0 Å². The predicted octanol–water partition coefficient (Wildman–Crippen LogP) is 9.09. The summed E-state index contributed by atoms with van der Waals surface area (Å²) in [6, 6.07) is 18.8. The van der Waals surface area contributed by atoms with Crippen LogP contribution < -0.4 is 9.05 Å². The summed E-state index contributed by atoms with van der Waals surface area (Å²) in [5, 5.41) is 10.3. The summed E-state index contributed by atoms with van der Waals surface area (Å²) in [6.45, 7) is 15.0. The van der Waals surface area contributed by atoms with Crippen molar-refractivity contribution in [2.24, 2.45) is 0 Å². The van der Waals surface area contributed by atoms with E-state index in [0.29, 0.717) is 23.5 Å². The van der Waals surface area contributed by atoms with Crippen LogP contribution in [0, 0.1) is 20.8 Å². The van der Waals surface area contributed by atoms with Gasteiger partial charge in [-0.15, -0.1) is 0 Å². The fourth-order valence-corrected chi connectivity index (χ4v) is 4.91. The summed E-state index contributed by atoms with van der Waals surface area (Å²) in [7, 11) is -0.103. The highest BCUT2D eigenvalue weighted by molar-refractivity contribution is 7.27. The fraction of sp³-hybridized carbons (Fsp3) is 0.400. The van der Waals surface area contributed by atoms with Crippen LogP contribution in [0.1, 0.15) is 91.7 Å². The first-order valence-corrected chi connectivity index (χ1v) is 13.1. The van der Waals surface area contributed by atoms with Gasteiger partial charge in [-0.1, -0.05) is 64.1 Å². The second-order valence-electron chi connectivity index (χ2n) is 9.97. The van der Waals surface area contributed by atoms with Crippen LogP contribution in [0.3, 0.4) is 0 Å². The third-order valence-corrected chi connectivity index (χ3v) is 7.15. The zero-order valence-electron chi connectivity index (χ0n) is 21.6. The number of hydrogen-bond donors (Lipinski definition) is 1. The molecule has 0 spiro atoms. The van der Waals surface area contributed by atoms with E-state index in [-0.39, 0.29) is 9.03 Å². The summed E-state index contributed by atoms with van der Waals surface area (Å²) in [5.41, 5.74) is 6.86. The minimum atomic E-state index is -0.103. The van der Waals surface area contributed by atoms with Gasteiger partial charge in [-0.25, -0.2) is 0 Å². The van der Waals surface area contributed by atoms with Gasteiger partial charge in [0.05, 0.1) is 0 Å². The van der Waals surface area contributed by atoms with Crippen molar-refractivity contribution in [1.82, 2.24) is 0 Å². The van der Waals surface area contributed by atoms with Gasteiger partial charge in [0.25, 0.3) is 9.03 Å². The quantitative estimate of drug-likeness (QED) is 0.295. The third-order valence-electron chi connectivity index (χ3n) is 6.54. The summed E-state index contributed by atoms with van der Waals surface area (Å²) in [4.78, 5) is 0. The molecule has 0 aromatic heterocycles. The Morgan fingerprint density at radius 1 is 0.647 bits per heavy atom. The van der Waals surface area contributed by atoms with E-state index in [1.165, 1.54) is 22.3 Å². The highest BCUT2D eigenvalue weighted by Gasteiger charge is 2.17. The molecule has 1 N–H and O–H groups in total. The van der Waals surface area contributed by atoms with Crippen molar-refractivity contribution in [2.75, 3.05) is 0 Å². The second-order valence-corrected chi connectivity index (χ2v) is 10.5. The SMILES string of the molecule is Cc1ccc(C(C)CCC(C)c2ccc(C)cc2OPOc2cc(C)ccc2C(C)C)c(O)c1. The smallest absolute Gasteiger partial charge is 0.275 e. The lowest BCUT2D eigenvalue weighted by molar-refractivity contribution is 0.455. The molecule has 0 bridgehead atoms. The number of hydrogen-bond acceptors (Lipinski definition) is 3. The van der Waals surface area contributed by atoms with E-state index in [1.807, 2.05) is 13.0 Å². The van der Waals surface area contributed by atoms with Gasteiger partial charge in [0.15, 0.2) is 0 Å². The molecule has 0 saturated carbocycles. The van der Waals surface area contributed by atoms with Crippen molar-refractivity contribution < 1.29 is 14.2 Å². The number of benzene rings is 3. The van der Waals surface area contributed by atoms with Crippen LogP contribution in [0.4, 0.5) is 0 Å². The minimum Gasteiger partial charge on any atom is -0.508 e. The van der Waals surface area contributed by atoms with Crippen molar-refractivity contribution >= 4 is 9.03 Å². The molecule has 0 amide bonds. The van der Waals surface area contributed by atoms with E-state index in [1.54, 1.807) is 0 Å². The van der Waals surface area contributed by atoms with Crippen molar-refractivity contribution in [3.63, 3.8) is 0 Å². The average Bonchev–Trinajstić information content (AvgIpc) is 2.77. The van der Waals surface area contributed by atoms with Crippen molar-refractivity contribution in [2.45, 2.75) is 79.1 Å². The van der Waals surface area contributed by atoms with E-state index < -0.39 is 0 Å². The molecule has 3 aromatic carbocycles. The van der Waals surface area contributed by atoms with Crippen LogP contribution in [-0.2, 0) is 0 Å². The van der Waals surface area contributed by atoms with Gasteiger partial charge < -0.3 is 14.2 Å². The maximum atomic E-state index is 10.3. The Bertz CT molecular complexity index is 1110. The number of rotatable bonds is 10. The number of aryl methyl sites for hydroxylation is 3. The molecule has 0 aliphatic carbocycles. The first-order valence-electron chi connectivity index (χ1n) is 12.2. The lowest BCUT2D eigenvalue weighted by Crippen LogP contribution is -2.02. The standard InChI is InChI=1S/C30H39O3P/c1-19(2)25-13-8-21(4)17-29(25)32-34-33-30-18-22(5)10-15-27(30)24(7)12-11-23(6)26-14-9-20(3)16-28(26)31/h8-10,13-19,23-24,31,34H,11-12H2,1-7H3. The Hall–Kier alpha value is -2.51. The molecule has 0 radical (unpaired) electrons. The van der Waals surface area contributed by atoms with Crippen molar-refractivity contribution in [1.29, 1.82) is 0 Å². The molecular weight excluding hydrogens is 439 g/mol. The van der Waals surface area contributed by atoms with Gasteiger partial charge in [0.2, 0.25) is 0 Å². The Labute approximate surface area is 207 Å². The number of aromatic hydroxyl groups is 1. The second kappa shape index (κ2) is 11.8. The molecule has 3 atom stereocenters. The summed E-state index contributed by atoms with van der Waals surface area (Å²) >= 11 is 0. The lowest BCUT2D eigenvalue weighted by atomic mass is 9.88. The van der Waals surface area contributed by atoms with Crippen molar-refractivity contribution in [3.8, 4) is 17.2 Å². The van der Waals surface area contributed by atoms with Gasteiger partial charge in [0, 0.05) is 0 Å². The highest BCUT2D eigenvalue weighted by atomic mass is 31.1. The van der Waals surface area contributed by atoms with Crippen molar-refractivity contribution in [3.05, 3.63) is 88.0 Å². The van der Waals surface area contributed by atoms with Crippen LogP contribution in [0.25, 0.3) is 0 Å². The third kappa shape index (κ3) is 6.76. The Morgan fingerprint density at radius 3 is 1.62 bits per heavy atom. The fourth-order valence-electron chi connectivity index (χ4n) is 4.34. The molecule has 34 heavy (non-hydrogen) atoms. The average molecular weight is 479 g/mol. The summed E-state index contributed by atoms with van der Waals surface area (Å²) in [6.07, 6.45) is 2.00. The molecule has 0 aliphatic heterocycles. The van der Waals surface area contributed by atoms with Gasteiger partial charge in [-0.3, -0.25) is 0 Å². The molecule has 3 rings (SSSR count). The highest BCUT2D eigenvalue weighted by Crippen LogP contribution is 2.38. The topological polar surface area (TPSA) is 38.7 Å². The molecule has 0 fully saturated rings. The Kier molecular flexibility index (Phi) is 9.03. The first-order chi connectivity index (χ1) is 16.2. The largest absolute Gasteiger partial charge is 0.508 e. The van der Waals surface area contributed by atoms with Crippen LogP contribution >= 0.6 is 9.03 Å². The Balaban J connectivity index is 1.67. The first kappa shape index (κ1) is 26.1. The van der Waals surface area contributed by atoms with E-state index in [2.05, 4.69) is 90.1 Å². The molecule has 3 aromatic rings. The van der Waals surface area contributed by atoms with E-state index in [9.17, 15) is 5.11 Å². The maximum Gasteiger partial charge on any atom is 0.275 e. The molecule has 0 heterocycles. The molecule has 182 valence electrons. The normalized spacial score (nSPS) is 13.4. The van der Waals surface area contributed by atoms with Crippen LogP contribution in [0.5, 0.6) is 17.2 Å². The van der Waals surface area contributed by atoms with Gasteiger partial charge in [-0.2, -0.15) is 0 Å². The number of phenols is 1.